The third-order valence-corrected chi connectivity index (χ3v) is 1.99. The highest BCUT2D eigenvalue weighted by atomic mass is 16.6. The number of benzene rings is 1. The Kier molecular flexibility index (Phi) is 3.98. The molecule has 0 aliphatic carbocycles. The molecule has 0 saturated carbocycles. The lowest BCUT2D eigenvalue weighted by Gasteiger charge is -2.06. The molecular weight excluding hydrogens is 232 g/mol. The summed E-state index contributed by atoms with van der Waals surface area (Å²) >= 11 is 0. The van der Waals surface area contributed by atoms with Gasteiger partial charge in [-0.3, -0.25) is 0 Å². The molecule has 1 aromatic carbocycles. The van der Waals surface area contributed by atoms with Crippen molar-refractivity contribution in [2.45, 2.75) is 6.61 Å². The van der Waals surface area contributed by atoms with Crippen molar-refractivity contribution < 1.29 is 19.1 Å². The van der Waals surface area contributed by atoms with Crippen LogP contribution < -0.4 is 5.11 Å². The molecule has 90 valence electrons. The van der Waals surface area contributed by atoms with Gasteiger partial charge in [0.05, 0.1) is 12.9 Å². The third kappa shape index (κ3) is 3.68. The standard InChI is InChI=1S/C13H10N2O3/c16-13(18-10-12-7-4-8-17-12)9-14-15-11-5-2-1-3-6-11/h1-8H,10H2. The predicted molar refractivity (Wildman–Crippen MR) is 60.8 cm³/mol. The van der Waals surface area contributed by atoms with Gasteiger partial charge in [-0.15, -0.1) is 0 Å². The highest BCUT2D eigenvalue weighted by molar-refractivity contribution is 5.45. The molecule has 0 radical (unpaired) electrons. The number of rotatable bonds is 4. The zero-order valence-corrected chi connectivity index (χ0v) is 9.45. The summed E-state index contributed by atoms with van der Waals surface area (Å²) in [6, 6.07) is 12.5. The van der Waals surface area contributed by atoms with Gasteiger partial charge in [-0.05, 0) is 24.3 Å². The minimum atomic E-state index is -0.689. The van der Waals surface area contributed by atoms with Crippen molar-refractivity contribution in [2.75, 3.05) is 0 Å². The van der Waals surface area contributed by atoms with Crippen molar-refractivity contribution in [2.24, 2.45) is 5.11 Å². The van der Waals surface area contributed by atoms with Crippen molar-refractivity contribution in [1.82, 2.24) is 0 Å². The summed E-state index contributed by atoms with van der Waals surface area (Å²) < 4.78 is 9.83. The average Bonchev–Trinajstić information content (AvgIpc) is 2.91. The van der Waals surface area contributed by atoms with Crippen LogP contribution in [0.2, 0.25) is 0 Å². The van der Waals surface area contributed by atoms with Gasteiger partial charge in [-0.1, -0.05) is 18.2 Å². The van der Waals surface area contributed by atoms with Crippen LogP contribution in [0.5, 0.6) is 0 Å². The first-order valence-electron chi connectivity index (χ1n) is 5.25. The van der Waals surface area contributed by atoms with Crippen LogP contribution in [0.25, 0.3) is 0 Å². The van der Waals surface area contributed by atoms with E-state index in [9.17, 15) is 5.11 Å². The summed E-state index contributed by atoms with van der Waals surface area (Å²) in [5.41, 5.74) is 0.642. The van der Waals surface area contributed by atoms with Gasteiger partial charge >= 0.3 is 5.87 Å². The smallest absolute Gasteiger partial charge is 0.376 e. The lowest BCUT2D eigenvalue weighted by Crippen LogP contribution is -2.08. The molecule has 0 spiro atoms. The van der Waals surface area contributed by atoms with Crippen LogP contribution in [0.1, 0.15) is 5.76 Å². The van der Waals surface area contributed by atoms with E-state index >= 15 is 0 Å². The second-order valence-electron chi connectivity index (χ2n) is 3.30. The fourth-order valence-electron chi connectivity index (χ4n) is 1.18. The summed E-state index contributed by atoms with van der Waals surface area (Å²) in [7, 11) is 0. The molecule has 5 heteroatoms. The van der Waals surface area contributed by atoms with E-state index in [1.807, 2.05) is 18.2 Å². The quantitative estimate of drug-likeness (QED) is 0.354. The highest BCUT2D eigenvalue weighted by Gasteiger charge is 1.93. The molecule has 18 heavy (non-hydrogen) atoms. The summed E-state index contributed by atoms with van der Waals surface area (Å²) in [4.78, 5) is 3.51. The Hall–Kier alpha value is -2.74. The molecule has 0 unspecified atom stereocenters. The molecule has 2 rings (SSSR count). The van der Waals surface area contributed by atoms with E-state index < -0.39 is 5.95 Å². The van der Waals surface area contributed by atoms with E-state index in [1.54, 1.807) is 24.3 Å². The Bertz CT molecular complexity index is 578. The zero-order valence-electron chi connectivity index (χ0n) is 9.45. The molecule has 0 aliphatic rings. The van der Waals surface area contributed by atoms with Gasteiger partial charge in [0, 0.05) is 0 Å². The van der Waals surface area contributed by atoms with Gasteiger partial charge in [0.25, 0.3) is 0 Å². The molecule has 0 amide bonds. The molecule has 0 atom stereocenters. The van der Waals surface area contributed by atoms with Crippen LogP contribution in [0.3, 0.4) is 0 Å². The lowest BCUT2D eigenvalue weighted by molar-refractivity contribution is -0.357. The van der Waals surface area contributed by atoms with Gasteiger partial charge in [-0.25, -0.2) is 0 Å². The van der Waals surface area contributed by atoms with Gasteiger partial charge in [-0.2, -0.15) is 0 Å². The first kappa shape index (κ1) is 11.7. The molecule has 0 aliphatic heterocycles. The second kappa shape index (κ2) is 6.11. The molecule has 0 fully saturated rings. The van der Waals surface area contributed by atoms with Crippen molar-refractivity contribution in [3.05, 3.63) is 60.4 Å². The van der Waals surface area contributed by atoms with Gasteiger partial charge < -0.3 is 14.3 Å². The predicted octanol–water partition coefficient (Wildman–Crippen LogP) is 1.66. The molecule has 0 N–H and O–H groups in total. The van der Waals surface area contributed by atoms with Crippen LogP contribution in [0, 0.1) is 0 Å². The Morgan fingerprint density at radius 3 is 2.83 bits per heavy atom. The molecule has 5 nitrogen and oxygen atoms in total. The fraction of sp³-hybridized carbons (Fsp3) is 0.0769. The fourth-order valence-corrected chi connectivity index (χ4v) is 1.18. The van der Waals surface area contributed by atoms with Crippen LogP contribution in [0.15, 0.2) is 64.2 Å². The van der Waals surface area contributed by atoms with E-state index in [-0.39, 0.29) is 6.61 Å². The summed E-state index contributed by atoms with van der Waals surface area (Å²) in [5.74, 6) is 2.02. The van der Waals surface area contributed by atoms with E-state index in [0.717, 1.165) is 0 Å². The topological polar surface area (TPSA) is 71.9 Å². The molecule has 1 aromatic heterocycles. The van der Waals surface area contributed by atoms with E-state index in [2.05, 4.69) is 15.8 Å². The monoisotopic (exact) mass is 242 g/mol. The maximum atomic E-state index is 11.2. The van der Waals surface area contributed by atoms with Crippen molar-refractivity contribution in [3.63, 3.8) is 0 Å². The maximum Gasteiger partial charge on any atom is 0.376 e. The van der Waals surface area contributed by atoms with Gasteiger partial charge in [0.1, 0.15) is 21.4 Å². The first-order valence-corrected chi connectivity index (χ1v) is 5.25. The Balaban J connectivity index is 1.97. The third-order valence-electron chi connectivity index (χ3n) is 1.99. The minimum Gasteiger partial charge on any atom is -0.595 e. The van der Waals surface area contributed by atoms with E-state index in [0.29, 0.717) is 11.4 Å². The van der Waals surface area contributed by atoms with Crippen LogP contribution >= 0.6 is 0 Å². The highest BCUT2D eigenvalue weighted by Crippen LogP contribution is 2.07. The van der Waals surface area contributed by atoms with Crippen molar-refractivity contribution in [1.29, 1.82) is 0 Å². The molecule has 0 bridgehead atoms. The van der Waals surface area contributed by atoms with Crippen LogP contribution in [-0.4, -0.2) is 10.7 Å². The maximum absolute atomic E-state index is 11.2. The molecular formula is C13H10N2O3. The summed E-state index contributed by atoms with van der Waals surface area (Å²) in [6.07, 6.45) is 1.51. The lowest BCUT2D eigenvalue weighted by atomic mass is 10.3. The Morgan fingerprint density at radius 2 is 2.11 bits per heavy atom. The first-order chi connectivity index (χ1) is 8.84. The number of ether oxygens (including phenoxy) is 1. The Morgan fingerprint density at radius 1 is 1.28 bits per heavy atom. The summed E-state index contributed by atoms with van der Waals surface area (Å²) in [6.45, 7) is 0.0552. The summed E-state index contributed by atoms with van der Waals surface area (Å²) in [5, 5.41) is 15.0. The normalized spacial score (nSPS) is 9.11. The average molecular weight is 242 g/mol. The van der Waals surface area contributed by atoms with Gasteiger partial charge in [0.2, 0.25) is 0 Å². The number of nitrogens with zero attached hydrogens (tertiary/aromatic N) is 2. The van der Waals surface area contributed by atoms with E-state index in [1.165, 1.54) is 6.26 Å². The SMILES string of the molecule is [O-]C(=C=[N+]=Nc1ccccc1)OCc1ccco1. The van der Waals surface area contributed by atoms with Crippen molar-refractivity contribution in [3.8, 4) is 0 Å². The number of furan rings is 1. The zero-order chi connectivity index (χ0) is 12.6. The largest absolute Gasteiger partial charge is 0.595 e. The minimum absolute atomic E-state index is 0.0552. The number of hydrogen-bond donors (Lipinski definition) is 0. The second-order valence-corrected chi connectivity index (χ2v) is 3.30. The molecule has 0 saturated heterocycles. The molecule has 1 heterocycles. The van der Waals surface area contributed by atoms with E-state index in [4.69, 9.17) is 9.15 Å². The van der Waals surface area contributed by atoms with Crippen LogP contribution in [0.4, 0.5) is 5.69 Å². The number of hydrogen-bond acceptors (Lipinski definition) is 4. The Labute approximate surface area is 103 Å². The van der Waals surface area contributed by atoms with Crippen molar-refractivity contribution >= 4 is 11.6 Å². The molecule has 2 aromatic rings. The van der Waals surface area contributed by atoms with Gasteiger partial charge in [0.15, 0.2) is 5.95 Å². The van der Waals surface area contributed by atoms with Crippen LogP contribution in [-0.2, 0) is 11.3 Å².